The number of carboxylic acid groups (broad SMARTS) is 1. The van der Waals surface area contributed by atoms with Crippen molar-refractivity contribution in [2.75, 3.05) is 10.6 Å². The fourth-order valence-corrected chi connectivity index (χ4v) is 2.06. The van der Waals surface area contributed by atoms with Gasteiger partial charge in [-0.25, -0.2) is 0 Å². The first-order valence-corrected chi connectivity index (χ1v) is 6.15. The van der Waals surface area contributed by atoms with E-state index < -0.39 is 24.3 Å². The van der Waals surface area contributed by atoms with Crippen molar-refractivity contribution in [1.82, 2.24) is 0 Å². The first kappa shape index (κ1) is 14.3. The van der Waals surface area contributed by atoms with Crippen molar-refractivity contribution in [2.24, 2.45) is 5.73 Å². The van der Waals surface area contributed by atoms with Gasteiger partial charge in [0.1, 0.15) is 0 Å². The van der Waals surface area contributed by atoms with Gasteiger partial charge in [0.2, 0.25) is 11.8 Å². The zero-order valence-corrected chi connectivity index (χ0v) is 11.0. The Kier molecular flexibility index (Phi) is 3.91. The number of carboxylic acids is 1. The number of nitrogens with two attached hydrogens (primary N) is 1. The number of hydrogen-bond donors (Lipinski definition) is 4. The highest BCUT2D eigenvalue weighted by Gasteiger charge is 2.22. The van der Waals surface area contributed by atoms with E-state index in [1.165, 1.54) is 6.07 Å². The Bertz CT molecular complexity index is 603. The molecule has 1 aromatic carbocycles. The summed E-state index contributed by atoms with van der Waals surface area (Å²) in [5, 5.41) is 13.9. The lowest BCUT2D eigenvalue weighted by molar-refractivity contribution is -0.138. The lowest BCUT2D eigenvalue weighted by atomic mass is 10.1. The molecule has 0 aromatic heterocycles. The van der Waals surface area contributed by atoms with Gasteiger partial charge in [0.15, 0.2) is 0 Å². The van der Waals surface area contributed by atoms with Crippen molar-refractivity contribution >= 4 is 40.8 Å². The Morgan fingerprint density at radius 3 is 2.85 bits per heavy atom. The van der Waals surface area contributed by atoms with Crippen LogP contribution in [-0.2, 0) is 20.8 Å². The number of halogens is 1. The van der Waals surface area contributed by atoms with Gasteiger partial charge in [0, 0.05) is 5.69 Å². The van der Waals surface area contributed by atoms with E-state index in [9.17, 15) is 14.4 Å². The van der Waals surface area contributed by atoms with Gasteiger partial charge >= 0.3 is 5.97 Å². The topological polar surface area (TPSA) is 122 Å². The van der Waals surface area contributed by atoms with Gasteiger partial charge in [-0.05, 0) is 17.7 Å². The molecular formula is C12H12ClN3O4. The molecule has 1 aliphatic heterocycles. The number of aliphatic carboxylic acids is 1. The van der Waals surface area contributed by atoms with Crippen LogP contribution < -0.4 is 16.4 Å². The van der Waals surface area contributed by atoms with Gasteiger partial charge in [0.05, 0.1) is 29.6 Å². The maximum absolute atomic E-state index is 11.7. The number of carbonyl (C=O) groups is 3. The number of hydrogen-bond acceptors (Lipinski definition) is 4. The molecule has 0 radical (unpaired) electrons. The molecule has 0 aliphatic carbocycles. The summed E-state index contributed by atoms with van der Waals surface area (Å²) in [6, 6.07) is 1.93. The van der Waals surface area contributed by atoms with Crippen molar-refractivity contribution < 1.29 is 19.5 Å². The van der Waals surface area contributed by atoms with E-state index in [0.717, 1.165) is 0 Å². The van der Waals surface area contributed by atoms with Gasteiger partial charge in [-0.3, -0.25) is 14.4 Å². The molecule has 1 unspecified atom stereocenters. The Balaban J connectivity index is 2.14. The molecule has 0 saturated carbocycles. The zero-order valence-electron chi connectivity index (χ0n) is 10.3. The molecule has 1 aromatic rings. The quantitative estimate of drug-likeness (QED) is 0.647. The Hall–Kier alpha value is -2.12. The summed E-state index contributed by atoms with van der Waals surface area (Å²) in [6.07, 6.45) is -0.273. The second-order valence-corrected chi connectivity index (χ2v) is 4.81. The summed E-state index contributed by atoms with van der Waals surface area (Å²) in [4.78, 5) is 33.5. The number of nitrogens with one attached hydrogen (secondary N) is 2. The number of fused-ring (bicyclic) bond motifs is 1. The van der Waals surface area contributed by atoms with Crippen LogP contribution >= 0.6 is 11.6 Å². The second kappa shape index (κ2) is 5.48. The minimum absolute atomic E-state index is 0.151. The summed E-state index contributed by atoms with van der Waals surface area (Å²) in [5.74, 6) is -1.96. The molecule has 7 nitrogen and oxygen atoms in total. The van der Waals surface area contributed by atoms with Crippen LogP contribution in [0.5, 0.6) is 0 Å². The first-order chi connectivity index (χ1) is 9.36. The van der Waals surface area contributed by atoms with Crippen LogP contribution in [-0.4, -0.2) is 28.9 Å². The second-order valence-electron chi connectivity index (χ2n) is 4.41. The average Bonchev–Trinajstić information content (AvgIpc) is 2.67. The monoisotopic (exact) mass is 297 g/mol. The smallest absolute Gasteiger partial charge is 0.305 e. The van der Waals surface area contributed by atoms with Gasteiger partial charge < -0.3 is 21.5 Å². The van der Waals surface area contributed by atoms with E-state index in [2.05, 4.69) is 10.6 Å². The van der Waals surface area contributed by atoms with Crippen LogP contribution in [0.2, 0.25) is 5.02 Å². The Morgan fingerprint density at radius 2 is 2.20 bits per heavy atom. The Labute approximate surface area is 119 Å². The van der Waals surface area contributed by atoms with Gasteiger partial charge in [-0.1, -0.05) is 11.6 Å². The van der Waals surface area contributed by atoms with Gasteiger partial charge in [-0.2, -0.15) is 0 Å². The molecule has 1 atom stereocenters. The van der Waals surface area contributed by atoms with Crippen LogP contribution in [0.4, 0.5) is 11.4 Å². The Morgan fingerprint density at radius 1 is 1.50 bits per heavy atom. The van der Waals surface area contributed by atoms with Crippen LogP contribution in [0, 0.1) is 0 Å². The standard InChI is InChI=1S/C12H12ClN3O4/c13-6-3-8-5(2-10(17)15-8)1-9(6)16-12(20)7(14)4-11(18)19/h1,3,7H,2,4,14H2,(H,15,17)(H,16,20)(H,18,19). The highest BCUT2D eigenvalue weighted by atomic mass is 35.5. The van der Waals surface area contributed by atoms with Gasteiger partial charge in [-0.15, -0.1) is 0 Å². The molecule has 0 saturated heterocycles. The maximum atomic E-state index is 11.7. The third-order valence-corrected chi connectivity index (χ3v) is 3.12. The molecule has 1 heterocycles. The van der Waals surface area contributed by atoms with E-state index >= 15 is 0 Å². The van der Waals surface area contributed by atoms with E-state index in [4.69, 9.17) is 22.4 Å². The molecular weight excluding hydrogens is 286 g/mol. The molecule has 2 amide bonds. The minimum Gasteiger partial charge on any atom is -0.481 e. The molecule has 8 heteroatoms. The summed E-state index contributed by atoms with van der Waals surface area (Å²) in [7, 11) is 0. The van der Waals surface area contributed by atoms with E-state index in [1.807, 2.05) is 0 Å². The molecule has 2 rings (SSSR count). The number of anilines is 2. The number of amides is 2. The van der Waals surface area contributed by atoms with Crippen LogP contribution in [0.3, 0.4) is 0 Å². The van der Waals surface area contributed by atoms with E-state index in [-0.39, 0.29) is 17.4 Å². The lowest BCUT2D eigenvalue weighted by Crippen LogP contribution is -2.37. The average molecular weight is 298 g/mol. The fraction of sp³-hybridized carbons (Fsp3) is 0.250. The van der Waals surface area contributed by atoms with Crippen molar-refractivity contribution in [3.8, 4) is 0 Å². The highest BCUT2D eigenvalue weighted by molar-refractivity contribution is 6.34. The molecule has 20 heavy (non-hydrogen) atoms. The highest BCUT2D eigenvalue weighted by Crippen LogP contribution is 2.32. The van der Waals surface area contributed by atoms with Crippen molar-refractivity contribution in [1.29, 1.82) is 0 Å². The van der Waals surface area contributed by atoms with Crippen LogP contribution in [0.1, 0.15) is 12.0 Å². The van der Waals surface area contributed by atoms with Gasteiger partial charge in [0.25, 0.3) is 0 Å². The lowest BCUT2D eigenvalue weighted by Gasteiger charge is -2.12. The van der Waals surface area contributed by atoms with Crippen molar-refractivity contribution in [3.05, 3.63) is 22.7 Å². The first-order valence-electron chi connectivity index (χ1n) is 5.77. The summed E-state index contributed by atoms with van der Waals surface area (Å²) < 4.78 is 0. The predicted octanol–water partition coefficient (Wildman–Crippen LogP) is 0.575. The SMILES string of the molecule is NC(CC(=O)O)C(=O)Nc1cc2c(cc1Cl)NC(=O)C2. The van der Waals surface area contributed by atoms with E-state index in [1.54, 1.807) is 6.07 Å². The third-order valence-electron chi connectivity index (χ3n) is 2.81. The predicted molar refractivity (Wildman–Crippen MR) is 72.6 cm³/mol. The number of benzene rings is 1. The minimum atomic E-state index is -1.17. The van der Waals surface area contributed by atoms with Crippen molar-refractivity contribution in [3.63, 3.8) is 0 Å². The number of carbonyl (C=O) groups excluding carboxylic acids is 2. The zero-order chi connectivity index (χ0) is 14.9. The molecule has 5 N–H and O–H groups in total. The molecule has 106 valence electrons. The van der Waals surface area contributed by atoms with Crippen LogP contribution in [0.25, 0.3) is 0 Å². The molecule has 0 bridgehead atoms. The number of rotatable bonds is 4. The molecule has 0 fully saturated rings. The summed E-state index contributed by atoms with van der Waals surface area (Å²) in [6.45, 7) is 0. The molecule has 0 spiro atoms. The largest absolute Gasteiger partial charge is 0.481 e. The van der Waals surface area contributed by atoms with E-state index in [0.29, 0.717) is 16.9 Å². The normalized spacial score (nSPS) is 14.4. The van der Waals surface area contributed by atoms with Crippen LogP contribution in [0.15, 0.2) is 12.1 Å². The molecule has 1 aliphatic rings. The van der Waals surface area contributed by atoms with Crippen molar-refractivity contribution in [2.45, 2.75) is 18.9 Å². The summed E-state index contributed by atoms with van der Waals surface area (Å²) in [5.41, 5.74) is 7.06. The maximum Gasteiger partial charge on any atom is 0.305 e. The fourth-order valence-electron chi connectivity index (χ4n) is 1.85. The third kappa shape index (κ3) is 3.06. The summed E-state index contributed by atoms with van der Waals surface area (Å²) >= 11 is 5.99.